The van der Waals surface area contributed by atoms with E-state index in [4.69, 9.17) is 5.26 Å². The summed E-state index contributed by atoms with van der Waals surface area (Å²) in [4.78, 5) is 0. The summed E-state index contributed by atoms with van der Waals surface area (Å²) in [6.45, 7) is 0. The zero-order chi connectivity index (χ0) is 27.7. The number of halogens is 17. The van der Waals surface area contributed by atoms with Gasteiger partial charge in [0, 0.05) is 12.8 Å². The summed E-state index contributed by atoms with van der Waals surface area (Å²) in [5, 5.41) is 8.24. The average molecular weight is 561 g/mol. The molecule has 1 nitrogen and oxygen atoms in total. The standard InChI is InChI=1S/C15H13F17NP/c16-8(17,4-1-2-6-34-7-3-5-33)9(18,19)10(20,21)11(22,23)12(24,25)13(26,27)14(28,29)15(30,31)32/h34H,1-4,6-7H2. The largest absolute Gasteiger partial charge is 0.460 e. The molecular weight excluding hydrogens is 548 g/mol. The molecule has 0 aromatic carbocycles. The Hall–Kier alpha value is -1.27. The molecule has 0 bridgehead atoms. The molecule has 0 aromatic rings. The van der Waals surface area contributed by atoms with E-state index in [9.17, 15) is 74.6 Å². The maximum Gasteiger partial charge on any atom is 0.460 e. The third kappa shape index (κ3) is 5.28. The quantitative estimate of drug-likeness (QED) is 0.128. The van der Waals surface area contributed by atoms with Crippen LogP contribution >= 0.6 is 8.58 Å². The summed E-state index contributed by atoms with van der Waals surface area (Å²) in [6, 6.07) is 1.68. The number of nitrogens with zero attached hydrogens (tertiary/aromatic N) is 1. The minimum atomic E-state index is -8.59. The van der Waals surface area contributed by atoms with Crippen molar-refractivity contribution in [2.75, 3.05) is 12.3 Å². The molecule has 0 saturated heterocycles. The highest BCUT2D eigenvalue weighted by Crippen LogP contribution is 2.64. The van der Waals surface area contributed by atoms with Crippen LogP contribution in [0, 0.1) is 11.3 Å². The van der Waals surface area contributed by atoms with Gasteiger partial charge in [-0.1, -0.05) is 0 Å². The first kappa shape index (κ1) is 32.7. The van der Waals surface area contributed by atoms with Crippen molar-refractivity contribution in [1.82, 2.24) is 0 Å². The lowest BCUT2D eigenvalue weighted by molar-refractivity contribution is -0.461. The second kappa shape index (κ2) is 10.0. The van der Waals surface area contributed by atoms with Gasteiger partial charge in [0.25, 0.3) is 0 Å². The Kier molecular flexibility index (Phi) is 9.63. The molecule has 0 radical (unpaired) electrons. The third-order valence-electron chi connectivity index (χ3n) is 4.29. The maximum atomic E-state index is 13.6. The summed E-state index contributed by atoms with van der Waals surface area (Å²) in [6.07, 6.45) is -11.5. The Balaban J connectivity index is 6.00. The van der Waals surface area contributed by atoms with Crippen LogP contribution in [0.2, 0.25) is 0 Å². The van der Waals surface area contributed by atoms with Crippen molar-refractivity contribution in [2.24, 2.45) is 0 Å². The third-order valence-corrected chi connectivity index (χ3v) is 5.61. The minimum Gasteiger partial charge on any atom is -0.200 e. The zero-order valence-electron chi connectivity index (χ0n) is 16.1. The molecule has 34 heavy (non-hydrogen) atoms. The van der Waals surface area contributed by atoms with Crippen LogP contribution in [-0.4, -0.2) is 60.0 Å². The van der Waals surface area contributed by atoms with Crippen LogP contribution in [0.3, 0.4) is 0 Å². The van der Waals surface area contributed by atoms with Crippen LogP contribution in [0.4, 0.5) is 74.6 Å². The maximum absolute atomic E-state index is 13.6. The first-order valence-electron chi connectivity index (χ1n) is 8.60. The van der Waals surface area contributed by atoms with Gasteiger partial charge in [-0.25, -0.2) is 0 Å². The SMILES string of the molecule is N#CCCPCCCCC(F)(F)C(F)(F)C(F)(F)C(F)(F)C(F)(F)C(F)(F)C(F)(F)C(F)(F)F. The summed E-state index contributed by atoms with van der Waals surface area (Å²) in [5.74, 6) is -55.9. The fourth-order valence-corrected chi connectivity index (χ4v) is 3.26. The van der Waals surface area contributed by atoms with E-state index in [-0.39, 0.29) is 27.3 Å². The Morgan fingerprint density at radius 1 is 0.500 bits per heavy atom. The van der Waals surface area contributed by atoms with Gasteiger partial charge in [0.2, 0.25) is 0 Å². The van der Waals surface area contributed by atoms with Crippen LogP contribution < -0.4 is 0 Å². The minimum absolute atomic E-state index is 0.0141. The van der Waals surface area contributed by atoms with E-state index in [0.717, 1.165) is 0 Å². The van der Waals surface area contributed by atoms with Crippen molar-refractivity contribution in [3.8, 4) is 6.07 Å². The zero-order valence-corrected chi connectivity index (χ0v) is 17.1. The van der Waals surface area contributed by atoms with Gasteiger partial charge in [0.1, 0.15) is 0 Å². The van der Waals surface area contributed by atoms with Gasteiger partial charge in [-0.2, -0.15) is 79.9 Å². The van der Waals surface area contributed by atoms with Crippen LogP contribution in [0.15, 0.2) is 0 Å². The number of alkyl halides is 17. The number of unbranched alkanes of at least 4 members (excludes halogenated alkanes) is 1. The van der Waals surface area contributed by atoms with Crippen molar-refractivity contribution >= 4 is 8.58 Å². The van der Waals surface area contributed by atoms with E-state index in [1.54, 1.807) is 6.07 Å². The molecule has 0 rings (SSSR count). The molecule has 0 spiro atoms. The number of hydrogen-bond acceptors (Lipinski definition) is 1. The van der Waals surface area contributed by atoms with E-state index in [1.807, 2.05) is 0 Å². The van der Waals surface area contributed by atoms with Crippen LogP contribution in [-0.2, 0) is 0 Å². The Labute approximate surface area is 181 Å². The second-order valence-corrected chi connectivity index (χ2v) is 8.26. The van der Waals surface area contributed by atoms with Gasteiger partial charge in [0.15, 0.2) is 0 Å². The molecule has 0 aliphatic carbocycles. The molecular formula is C15H13F17NP. The van der Waals surface area contributed by atoms with Gasteiger partial charge in [-0.15, -0.1) is 8.58 Å². The van der Waals surface area contributed by atoms with E-state index < -0.39 is 66.9 Å². The van der Waals surface area contributed by atoms with Crippen molar-refractivity contribution in [3.63, 3.8) is 0 Å². The first-order chi connectivity index (χ1) is 14.8. The molecule has 0 heterocycles. The summed E-state index contributed by atoms with van der Waals surface area (Å²) >= 11 is 0. The Morgan fingerprint density at radius 2 is 0.882 bits per heavy atom. The number of nitriles is 1. The van der Waals surface area contributed by atoms with Gasteiger partial charge >= 0.3 is 47.6 Å². The predicted molar refractivity (Wildman–Crippen MR) is 82.8 cm³/mol. The molecule has 0 amide bonds. The van der Waals surface area contributed by atoms with E-state index in [1.165, 1.54) is 0 Å². The van der Waals surface area contributed by atoms with Crippen LogP contribution in [0.25, 0.3) is 0 Å². The second-order valence-electron chi connectivity index (χ2n) is 6.76. The Bertz CT molecular complexity index is 721. The van der Waals surface area contributed by atoms with Crippen molar-refractivity contribution < 1.29 is 74.6 Å². The van der Waals surface area contributed by atoms with Crippen LogP contribution in [0.1, 0.15) is 25.7 Å². The van der Waals surface area contributed by atoms with Crippen molar-refractivity contribution in [1.29, 1.82) is 5.26 Å². The summed E-state index contributed by atoms with van der Waals surface area (Å²) in [5.41, 5.74) is 0. The highest BCUT2D eigenvalue weighted by molar-refractivity contribution is 7.37. The lowest BCUT2D eigenvalue weighted by Crippen LogP contribution is -2.74. The molecule has 0 N–H and O–H groups in total. The van der Waals surface area contributed by atoms with Crippen molar-refractivity contribution in [2.45, 2.75) is 73.3 Å². The Morgan fingerprint density at radius 3 is 1.26 bits per heavy atom. The van der Waals surface area contributed by atoms with E-state index >= 15 is 0 Å². The normalized spacial score (nSPS) is 15.8. The molecule has 19 heteroatoms. The number of hydrogen-bond donors (Lipinski definition) is 0. The van der Waals surface area contributed by atoms with Gasteiger partial charge < -0.3 is 0 Å². The highest BCUT2D eigenvalue weighted by Gasteiger charge is 2.95. The summed E-state index contributed by atoms with van der Waals surface area (Å²) < 4.78 is 222. The molecule has 0 aliphatic rings. The van der Waals surface area contributed by atoms with E-state index in [0.29, 0.717) is 0 Å². The molecule has 0 saturated carbocycles. The monoisotopic (exact) mass is 561 g/mol. The highest BCUT2D eigenvalue weighted by atomic mass is 31.1. The van der Waals surface area contributed by atoms with Gasteiger partial charge in [0.05, 0.1) is 6.07 Å². The molecule has 202 valence electrons. The molecule has 0 fully saturated rings. The van der Waals surface area contributed by atoms with E-state index in [2.05, 4.69) is 0 Å². The number of rotatable bonds is 13. The fraction of sp³-hybridized carbons (Fsp3) is 0.933. The predicted octanol–water partition coefficient (Wildman–Crippen LogP) is 7.76. The lowest BCUT2D eigenvalue weighted by atomic mass is 9.88. The smallest absolute Gasteiger partial charge is 0.200 e. The molecule has 1 unspecified atom stereocenters. The molecule has 0 aliphatic heterocycles. The summed E-state index contributed by atoms with van der Waals surface area (Å²) in [7, 11) is -0.0942. The fourth-order valence-electron chi connectivity index (χ4n) is 2.22. The van der Waals surface area contributed by atoms with Gasteiger partial charge in [-0.3, -0.25) is 0 Å². The molecule has 1 atom stereocenters. The van der Waals surface area contributed by atoms with Crippen molar-refractivity contribution in [3.05, 3.63) is 0 Å². The first-order valence-corrected chi connectivity index (χ1v) is 10.0. The average Bonchev–Trinajstić information content (AvgIpc) is 2.65. The van der Waals surface area contributed by atoms with Crippen LogP contribution in [0.5, 0.6) is 0 Å². The van der Waals surface area contributed by atoms with Gasteiger partial charge in [-0.05, 0) is 25.2 Å². The lowest BCUT2D eigenvalue weighted by Gasteiger charge is -2.42. The topological polar surface area (TPSA) is 23.8 Å². The molecule has 0 aromatic heterocycles.